The van der Waals surface area contributed by atoms with Gasteiger partial charge in [-0.3, -0.25) is 9.59 Å². The molecule has 0 bridgehead atoms. The van der Waals surface area contributed by atoms with Crippen molar-refractivity contribution < 1.29 is 4.79 Å². The molecule has 0 radical (unpaired) electrons. The lowest BCUT2D eigenvalue weighted by Crippen LogP contribution is -2.36. The molecular weight excluding hydrogens is 300 g/mol. The molecule has 0 saturated heterocycles. The van der Waals surface area contributed by atoms with Gasteiger partial charge in [0.05, 0.1) is 0 Å². The molecule has 1 amide bonds. The van der Waals surface area contributed by atoms with Crippen LogP contribution in [0.5, 0.6) is 0 Å². The summed E-state index contributed by atoms with van der Waals surface area (Å²) in [4.78, 5) is 29.2. The van der Waals surface area contributed by atoms with Crippen molar-refractivity contribution in [2.24, 2.45) is 0 Å². The van der Waals surface area contributed by atoms with E-state index in [1.165, 1.54) is 0 Å². The summed E-state index contributed by atoms with van der Waals surface area (Å²) in [5.74, 6) is -0.210. The predicted octanol–water partition coefficient (Wildman–Crippen LogP) is 3.14. The largest absolute Gasteiger partial charge is 0.331 e. The quantitative estimate of drug-likeness (QED) is 0.942. The number of H-pyrrole nitrogens is 1. The molecule has 3 rings (SSSR count). The predicted molar refractivity (Wildman–Crippen MR) is 86.1 cm³/mol. The molecule has 2 aromatic rings. The maximum Gasteiger partial charge on any atom is 0.260 e. The molecule has 1 fully saturated rings. The number of aryl methyl sites for hydroxylation is 1. The van der Waals surface area contributed by atoms with E-state index < -0.39 is 0 Å². The molecule has 1 aromatic carbocycles. The second-order valence-corrected chi connectivity index (χ2v) is 6.11. The second-order valence-electron chi connectivity index (χ2n) is 5.67. The van der Waals surface area contributed by atoms with Crippen LogP contribution in [0.2, 0.25) is 5.02 Å². The third-order valence-corrected chi connectivity index (χ3v) is 4.05. The molecule has 1 aliphatic carbocycles. The highest BCUT2D eigenvalue weighted by atomic mass is 35.5. The number of halogens is 1. The van der Waals surface area contributed by atoms with Crippen LogP contribution in [0.4, 0.5) is 0 Å². The topological polar surface area (TPSA) is 53.2 Å². The van der Waals surface area contributed by atoms with Gasteiger partial charge in [-0.05, 0) is 49.6 Å². The summed E-state index contributed by atoms with van der Waals surface area (Å²) in [6.45, 7) is 2.29. The van der Waals surface area contributed by atoms with Gasteiger partial charge in [0.15, 0.2) is 0 Å². The lowest BCUT2D eigenvalue weighted by Gasteiger charge is -2.22. The van der Waals surface area contributed by atoms with Crippen LogP contribution in [0, 0.1) is 6.92 Å². The molecule has 0 spiro atoms. The number of hydrogen-bond donors (Lipinski definition) is 1. The van der Waals surface area contributed by atoms with Gasteiger partial charge < -0.3 is 9.88 Å². The van der Waals surface area contributed by atoms with Crippen molar-refractivity contribution in [3.8, 4) is 0 Å². The molecular formula is C17H17ClN2O2. The number of aromatic nitrogens is 1. The number of carbonyl (C=O) groups is 1. The molecule has 1 aromatic heterocycles. The summed E-state index contributed by atoms with van der Waals surface area (Å²) in [5.41, 5.74) is 1.63. The highest BCUT2D eigenvalue weighted by molar-refractivity contribution is 6.30. The molecule has 1 heterocycles. The molecule has 1 saturated carbocycles. The van der Waals surface area contributed by atoms with Gasteiger partial charge in [-0.1, -0.05) is 23.7 Å². The monoisotopic (exact) mass is 316 g/mol. The average molecular weight is 317 g/mol. The van der Waals surface area contributed by atoms with Gasteiger partial charge in [0, 0.05) is 23.3 Å². The number of nitrogens with one attached hydrogen (secondary N) is 1. The zero-order valence-electron chi connectivity index (χ0n) is 12.3. The van der Waals surface area contributed by atoms with Gasteiger partial charge in [0.25, 0.3) is 11.5 Å². The van der Waals surface area contributed by atoms with E-state index in [1.807, 2.05) is 24.3 Å². The Hall–Kier alpha value is -2.07. The minimum Gasteiger partial charge on any atom is -0.331 e. The van der Waals surface area contributed by atoms with Crippen LogP contribution >= 0.6 is 11.6 Å². The summed E-state index contributed by atoms with van der Waals surface area (Å²) in [6, 6.07) is 11.0. The first-order valence-electron chi connectivity index (χ1n) is 7.30. The van der Waals surface area contributed by atoms with Crippen molar-refractivity contribution in [2.45, 2.75) is 32.4 Å². The maximum atomic E-state index is 12.7. The smallest absolute Gasteiger partial charge is 0.260 e. The maximum absolute atomic E-state index is 12.7. The van der Waals surface area contributed by atoms with E-state index in [-0.39, 0.29) is 23.1 Å². The lowest BCUT2D eigenvalue weighted by atomic mass is 10.1. The molecule has 0 aliphatic heterocycles. The minimum atomic E-state index is -0.327. The molecule has 5 heteroatoms. The van der Waals surface area contributed by atoms with Gasteiger partial charge in [0.1, 0.15) is 5.56 Å². The molecule has 114 valence electrons. The summed E-state index contributed by atoms with van der Waals surface area (Å²) < 4.78 is 0. The zero-order valence-corrected chi connectivity index (χ0v) is 13.1. The number of amides is 1. The Balaban J connectivity index is 1.86. The first-order chi connectivity index (χ1) is 10.5. The summed E-state index contributed by atoms with van der Waals surface area (Å²) in [7, 11) is 0. The van der Waals surface area contributed by atoms with Crippen LogP contribution in [-0.4, -0.2) is 21.8 Å². The van der Waals surface area contributed by atoms with Crippen molar-refractivity contribution in [2.75, 3.05) is 0 Å². The van der Waals surface area contributed by atoms with Gasteiger partial charge in [-0.2, -0.15) is 0 Å². The fourth-order valence-corrected chi connectivity index (χ4v) is 2.56. The number of hydrogen-bond acceptors (Lipinski definition) is 2. The first-order valence-corrected chi connectivity index (χ1v) is 7.68. The van der Waals surface area contributed by atoms with Gasteiger partial charge in [-0.15, -0.1) is 0 Å². The molecule has 1 aliphatic rings. The van der Waals surface area contributed by atoms with Gasteiger partial charge in [0.2, 0.25) is 0 Å². The Bertz CT molecular complexity index is 748. The number of rotatable bonds is 4. The number of pyridine rings is 1. The normalized spacial score (nSPS) is 13.9. The zero-order chi connectivity index (χ0) is 15.7. The molecule has 4 nitrogen and oxygen atoms in total. The third kappa shape index (κ3) is 3.22. The van der Waals surface area contributed by atoms with E-state index in [0.717, 1.165) is 24.1 Å². The lowest BCUT2D eigenvalue weighted by molar-refractivity contribution is 0.0728. The Kier molecular flexibility index (Phi) is 4.03. The van der Waals surface area contributed by atoms with Crippen molar-refractivity contribution in [1.82, 2.24) is 9.88 Å². The van der Waals surface area contributed by atoms with Crippen molar-refractivity contribution in [1.29, 1.82) is 0 Å². The Labute approximate surface area is 133 Å². The summed E-state index contributed by atoms with van der Waals surface area (Å²) in [6.07, 6.45) is 1.98. The van der Waals surface area contributed by atoms with E-state index in [2.05, 4.69) is 4.98 Å². The number of carbonyl (C=O) groups excluding carboxylic acids is 1. The SMILES string of the molecule is Cc1ccc(C(=O)N(Cc2ccc(Cl)cc2)C2CC2)c(=O)[nH]1. The highest BCUT2D eigenvalue weighted by Gasteiger charge is 2.33. The number of benzene rings is 1. The highest BCUT2D eigenvalue weighted by Crippen LogP contribution is 2.29. The Morgan fingerprint density at radius 2 is 1.91 bits per heavy atom. The average Bonchev–Trinajstić information content (AvgIpc) is 3.30. The van der Waals surface area contributed by atoms with Crippen LogP contribution in [0.3, 0.4) is 0 Å². The molecule has 0 atom stereocenters. The van der Waals surface area contributed by atoms with E-state index in [1.54, 1.807) is 24.0 Å². The first kappa shape index (κ1) is 14.9. The second kappa shape index (κ2) is 5.97. The summed E-state index contributed by atoms with van der Waals surface area (Å²) in [5, 5.41) is 0.669. The van der Waals surface area contributed by atoms with E-state index >= 15 is 0 Å². The standard InChI is InChI=1S/C17H17ClN2O2/c1-11-2-9-15(16(21)19-11)17(22)20(14-7-8-14)10-12-3-5-13(18)6-4-12/h2-6,9,14H,7-8,10H2,1H3,(H,19,21). The van der Waals surface area contributed by atoms with Crippen LogP contribution in [0.15, 0.2) is 41.2 Å². The Morgan fingerprint density at radius 1 is 1.23 bits per heavy atom. The van der Waals surface area contributed by atoms with E-state index in [0.29, 0.717) is 11.6 Å². The van der Waals surface area contributed by atoms with Crippen LogP contribution in [0.1, 0.15) is 34.5 Å². The van der Waals surface area contributed by atoms with Crippen LogP contribution < -0.4 is 5.56 Å². The molecule has 0 unspecified atom stereocenters. The molecule has 22 heavy (non-hydrogen) atoms. The summed E-state index contributed by atoms with van der Waals surface area (Å²) >= 11 is 5.89. The van der Waals surface area contributed by atoms with E-state index in [4.69, 9.17) is 11.6 Å². The van der Waals surface area contributed by atoms with Crippen molar-refractivity contribution in [3.05, 3.63) is 68.6 Å². The number of aromatic amines is 1. The van der Waals surface area contributed by atoms with E-state index in [9.17, 15) is 9.59 Å². The van der Waals surface area contributed by atoms with Crippen molar-refractivity contribution in [3.63, 3.8) is 0 Å². The fourth-order valence-electron chi connectivity index (χ4n) is 2.43. The Morgan fingerprint density at radius 3 is 2.50 bits per heavy atom. The third-order valence-electron chi connectivity index (χ3n) is 3.80. The number of nitrogens with zero attached hydrogens (tertiary/aromatic N) is 1. The van der Waals surface area contributed by atoms with Gasteiger partial charge >= 0.3 is 0 Å². The minimum absolute atomic E-state index is 0.200. The van der Waals surface area contributed by atoms with Crippen LogP contribution in [0.25, 0.3) is 0 Å². The molecule has 1 N–H and O–H groups in total. The van der Waals surface area contributed by atoms with Crippen LogP contribution in [-0.2, 0) is 6.54 Å². The fraction of sp³-hybridized carbons (Fsp3) is 0.294. The van der Waals surface area contributed by atoms with Gasteiger partial charge in [-0.25, -0.2) is 0 Å². The van der Waals surface area contributed by atoms with Crippen molar-refractivity contribution >= 4 is 17.5 Å².